The van der Waals surface area contributed by atoms with Crippen molar-refractivity contribution in [1.82, 2.24) is 15.1 Å². The predicted molar refractivity (Wildman–Crippen MR) is 142 cm³/mol. The van der Waals surface area contributed by atoms with E-state index in [0.717, 1.165) is 0 Å². The Hall–Kier alpha value is -2.24. The van der Waals surface area contributed by atoms with Gasteiger partial charge in [-0.15, -0.1) is 0 Å². The number of halogens is 1. The number of likely N-dealkylation sites (tertiary alicyclic amines) is 1. The first-order chi connectivity index (χ1) is 17.9. The van der Waals surface area contributed by atoms with Gasteiger partial charge in [0.2, 0.25) is 17.7 Å². The molecule has 2 fully saturated rings. The van der Waals surface area contributed by atoms with E-state index in [0.29, 0.717) is 17.3 Å². The van der Waals surface area contributed by atoms with Crippen LogP contribution in [0.3, 0.4) is 0 Å². The number of ether oxygens (including phenoxy) is 2. The number of nitrogens with zero attached hydrogens (tertiary/aromatic N) is 2. The Balaban J connectivity index is 1.85. The summed E-state index contributed by atoms with van der Waals surface area (Å²) in [5.74, 6) is -3.48. The molecular formula is C27H38BrN3O7. The Morgan fingerprint density at radius 3 is 2.55 bits per heavy atom. The number of aliphatic hydroxyl groups excluding tert-OH is 1. The lowest BCUT2D eigenvalue weighted by Gasteiger charge is -2.42. The largest absolute Gasteiger partial charge is 0.460 e. The lowest BCUT2D eigenvalue weighted by Crippen LogP contribution is -2.61. The summed E-state index contributed by atoms with van der Waals surface area (Å²) in [6, 6.07) is -1.70. The van der Waals surface area contributed by atoms with E-state index in [1.807, 2.05) is 39.8 Å². The first-order valence-corrected chi connectivity index (χ1v) is 14.1. The zero-order valence-corrected chi connectivity index (χ0v) is 24.2. The number of carbonyl (C=O) groups excluding carboxylic acids is 4. The average molecular weight is 597 g/mol. The number of cyclic esters (lactones) is 1. The van der Waals surface area contributed by atoms with Crippen LogP contribution in [-0.4, -0.2) is 93.7 Å². The van der Waals surface area contributed by atoms with E-state index in [1.54, 1.807) is 17.9 Å². The van der Waals surface area contributed by atoms with Gasteiger partial charge in [0.25, 0.3) is 0 Å². The third-order valence-electron chi connectivity index (χ3n) is 7.92. The molecule has 10 nitrogen and oxygen atoms in total. The van der Waals surface area contributed by atoms with E-state index < -0.39 is 59.1 Å². The summed E-state index contributed by atoms with van der Waals surface area (Å²) in [7, 11) is 0. The molecule has 11 heteroatoms. The smallest absolute Gasteiger partial charge is 0.313 e. The molecule has 2 saturated heterocycles. The minimum atomic E-state index is -1.39. The van der Waals surface area contributed by atoms with Gasteiger partial charge in [0, 0.05) is 23.0 Å². The number of fused-ring (bicyclic) bond motifs is 2. The molecule has 38 heavy (non-hydrogen) atoms. The topological polar surface area (TPSA) is 125 Å². The Kier molecular flexibility index (Phi) is 8.12. The summed E-state index contributed by atoms with van der Waals surface area (Å²) in [4.78, 5) is 57.5. The molecule has 0 aromatic heterocycles. The first-order valence-electron chi connectivity index (χ1n) is 13.3. The lowest BCUT2D eigenvalue weighted by atomic mass is 9.74. The van der Waals surface area contributed by atoms with Gasteiger partial charge in [0.05, 0.1) is 25.1 Å². The second-order valence-electron chi connectivity index (χ2n) is 11.5. The Morgan fingerprint density at radius 1 is 1.21 bits per heavy atom. The first kappa shape index (κ1) is 28.8. The summed E-state index contributed by atoms with van der Waals surface area (Å²) in [5, 5.41) is 13.0. The Labute approximate surface area is 231 Å². The molecule has 5 bridgehead atoms. The highest BCUT2D eigenvalue weighted by Gasteiger charge is 2.75. The van der Waals surface area contributed by atoms with Crippen molar-refractivity contribution in [3.8, 4) is 0 Å². The second-order valence-corrected chi connectivity index (χ2v) is 12.4. The van der Waals surface area contributed by atoms with Crippen LogP contribution in [0.15, 0.2) is 22.7 Å². The van der Waals surface area contributed by atoms with Gasteiger partial charge in [0.15, 0.2) is 0 Å². The quantitative estimate of drug-likeness (QED) is 0.375. The lowest BCUT2D eigenvalue weighted by molar-refractivity contribution is -0.160. The highest BCUT2D eigenvalue weighted by molar-refractivity contribution is 9.11. The van der Waals surface area contributed by atoms with Crippen LogP contribution in [0, 0.1) is 11.8 Å². The summed E-state index contributed by atoms with van der Waals surface area (Å²) in [6.45, 7) is 9.32. The molecule has 4 aliphatic rings. The van der Waals surface area contributed by atoms with Gasteiger partial charge in [-0.2, -0.15) is 0 Å². The van der Waals surface area contributed by atoms with Crippen molar-refractivity contribution in [2.75, 3.05) is 19.7 Å². The molecule has 3 amide bonds. The maximum Gasteiger partial charge on any atom is 0.313 e. The van der Waals surface area contributed by atoms with Crippen molar-refractivity contribution in [1.29, 1.82) is 0 Å². The number of hydrogen-bond acceptors (Lipinski definition) is 7. The van der Waals surface area contributed by atoms with Gasteiger partial charge in [-0.05, 0) is 46.6 Å². The van der Waals surface area contributed by atoms with E-state index >= 15 is 0 Å². The highest BCUT2D eigenvalue weighted by Crippen LogP contribution is 2.59. The Bertz CT molecular complexity index is 1050. The van der Waals surface area contributed by atoms with Crippen molar-refractivity contribution in [3.63, 3.8) is 0 Å². The van der Waals surface area contributed by atoms with Crippen molar-refractivity contribution in [3.05, 3.63) is 22.7 Å². The minimum absolute atomic E-state index is 0.140. The van der Waals surface area contributed by atoms with Gasteiger partial charge >= 0.3 is 5.97 Å². The van der Waals surface area contributed by atoms with E-state index in [4.69, 9.17) is 9.47 Å². The van der Waals surface area contributed by atoms with Gasteiger partial charge in [-0.3, -0.25) is 19.2 Å². The van der Waals surface area contributed by atoms with E-state index in [1.165, 1.54) is 4.90 Å². The minimum Gasteiger partial charge on any atom is -0.460 e. The van der Waals surface area contributed by atoms with Crippen LogP contribution in [0.4, 0.5) is 0 Å². The van der Waals surface area contributed by atoms with Crippen LogP contribution in [0.25, 0.3) is 0 Å². The zero-order chi connectivity index (χ0) is 28.0. The number of hydrogen-bond donors (Lipinski definition) is 2. The molecule has 0 unspecified atom stereocenters. The summed E-state index contributed by atoms with van der Waals surface area (Å²) in [6.07, 6.45) is 5.24. The maximum absolute atomic E-state index is 14.5. The van der Waals surface area contributed by atoms with Crippen molar-refractivity contribution >= 4 is 39.6 Å². The molecule has 7 atom stereocenters. The fourth-order valence-electron chi connectivity index (χ4n) is 6.03. The summed E-state index contributed by atoms with van der Waals surface area (Å²) < 4.78 is 12.7. The van der Waals surface area contributed by atoms with Crippen LogP contribution in [0.1, 0.15) is 53.9 Å². The molecular weight excluding hydrogens is 558 g/mol. The molecule has 0 radical (unpaired) electrons. The number of rotatable bonds is 3. The molecule has 0 saturated carbocycles. The third-order valence-corrected chi connectivity index (χ3v) is 8.60. The maximum atomic E-state index is 14.5. The van der Waals surface area contributed by atoms with E-state index in [-0.39, 0.29) is 37.9 Å². The van der Waals surface area contributed by atoms with Crippen molar-refractivity contribution in [2.24, 2.45) is 11.8 Å². The van der Waals surface area contributed by atoms with Crippen molar-refractivity contribution < 1.29 is 33.8 Å². The molecule has 0 aliphatic carbocycles. The monoisotopic (exact) mass is 595 g/mol. The summed E-state index contributed by atoms with van der Waals surface area (Å²) in [5.41, 5.74) is -2.00. The fraction of sp³-hybridized carbons (Fsp3) is 0.704. The number of carbonyl (C=O) groups is 4. The predicted octanol–water partition coefficient (Wildman–Crippen LogP) is 1.66. The van der Waals surface area contributed by atoms with Gasteiger partial charge in [-0.25, -0.2) is 0 Å². The SMILES string of the molecule is CC[C@@H](CO)N1C(=O)[C@H]2[C@@H]3C(=O)O[C@H](C)CNC(=O)CC/C=C\CN(C(C)(C)C)C(=O)[C@H]1[C@@]21C=C(Br)[C@@H]3O1. The van der Waals surface area contributed by atoms with Crippen LogP contribution in [0.2, 0.25) is 0 Å². The van der Waals surface area contributed by atoms with Crippen LogP contribution < -0.4 is 5.32 Å². The summed E-state index contributed by atoms with van der Waals surface area (Å²) >= 11 is 3.52. The van der Waals surface area contributed by atoms with Crippen LogP contribution in [0.5, 0.6) is 0 Å². The average Bonchev–Trinajstić information content (AvgIpc) is 3.43. The molecule has 4 rings (SSSR count). The standard InChI is InChI=1S/C27H38BrN3O7/c1-6-16(14-32)31-22-24(35)30(26(3,4)5)11-9-7-8-10-18(33)29-13-15(2)37-25(36)19-20(23(31)34)27(22)12-17(28)21(19)38-27/h7,9,12,15-16,19-22,32H,6,8,10-11,13-14H2,1-5H3,(H,29,33)/b9-7-/t15-,16+,19+,20-,21+,22+,27-/m1/s1. The molecule has 210 valence electrons. The van der Waals surface area contributed by atoms with Gasteiger partial charge < -0.3 is 29.7 Å². The number of allylic oxidation sites excluding steroid dienone is 1. The van der Waals surface area contributed by atoms with Crippen LogP contribution in [-0.2, 0) is 28.7 Å². The number of nitrogens with one attached hydrogen (secondary N) is 1. The number of amides is 3. The van der Waals surface area contributed by atoms with Gasteiger partial charge in [-0.1, -0.05) is 35.0 Å². The molecule has 4 aliphatic heterocycles. The number of aliphatic hydroxyl groups is 1. The van der Waals surface area contributed by atoms with E-state index in [2.05, 4.69) is 21.2 Å². The molecule has 1 spiro atoms. The molecule has 4 heterocycles. The normalized spacial score (nSPS) is 36.1. The second kappa shape index (κ2) is 10.7. The van der Waals surface area contributed by atoms with E-state index in [9.17, 15) is 24.3 Å². The molecule has 2 N–H and O–H groups in total. The molecule has 0 aromatic rings. The highest BCUT2D eigenvalue weighted by atomic mass is 79.9. The zero-order valence-electron chi connectivity index (χ0n) is 22.6. The van der Waals surface area contributed by atoms with Crippen LogP contribution >= 0.6 is 15.9 Å². The fourth-order valence-corrected chi connectivity index (χ4v) is 6.77. The number of esters is 1. The third kappa shape index (κ3) is 4.81. The van der Waals surface area contributed by atoms with Gasteiger partial charge in [0.1, 0.15) is 29.8 Å². The van der Waals surface area contributed by atoms with Crippen molar-refractivity contribution in [2.45, 2.75) is 89.3 Å². The Morgan fingerprint density at radius 2 is 1.92 bits per heavy atom. The molecule has 0 aromatic carbocycles.